The van der Waals surface area contributed by atoms with Crippen LogP contribution in [0.5, 0.6) is 0 Å². The molecule has 0 saturated heterocycles. The number of carboxylic acid groups (broad SMARTS) is 1. The number of benzene rings is 1. The van der Waals surface area contributed by atoms with Crippen LogP contribution in [0.1, 0.15) is 37.3 Å². The molecular weight excluding hydrogens is 297 g/mol. The fraction of sp³-hybridized carbons (Fsp3) is 0.500. The lowest BCUT2D eigenvalue weighted by atomic mass is 10.1. The summed E-state index contributed by atoms with van der Waals surface area (Å²) in [7, 11) is -3.92. The van der Waals surface area contributed by atoms with Crippen LogP contribution < -0.4 is 4.72 Å². The van der Waals surface area contributed by atoms with Crippen molar-refractivity contribution in [3.05, 3.63) is 35.1 Å². The predicted octanol–water partition coefficient (Wildman–Crippen LogP) is 2.20. The third-order valence-electron chi connectivity index (χ3n) is 3.02. The molecule has 0 radical (unpaired) electrons. The summed E-state index contributed by atoms with van der Waals surface area (Å²) in [6.07, 6.45) is 1.57. The Hall–Kier alpha value is -1.47. The Morgan fingerprint density at radius 3 is 2.62 bits per heavy atom. The van der Waals surface area contributed by atoms with Gasteiger partial charge in [-0.3, -0.25) is 4.79 Å². The molecule has 0 aliphatic carbocycles. The summed E-state index contributed by atoms with van der Waals surface area (Å²) >= 11 is 0. The molecule has 0 aromatic heterocycles. The van der Waals surface area contributed by atoms with Gasteiger partial charge in [-0.1, -0.05) is 31.9 Å². The van der Waals surface area contributed by atoms with Gasteiger partial charge in [0.1, 0.15) is 11.9 Å². The molecule has 1 atom stereocenters. The number of hydrogen-bond acceptors (Lipinski definition) is 3. The predicted molar refractivity (Wildman–Crippen MR) is 77.8 cm³/mol. The van der Waals surface area contributed by atoms with Crippen LogP contribution in [0.3, 0.4) is 0 Å². The Labute approximate surface area is 124 Å². The average molecular weight is 317 g/mol. The molecule has 1 rings (SSSR count). The van der Waals surface area contributed by atoms with Gasteiger partial charge in [-0.05, 0) is 25.0 Å². The standard InChI is InChI=1S/C14H20FNO4S/c1-3-4-5-13(14(17)18)16-21(19,20)9-11-7-6-10(2)8-12(11)15/h6-8,13,16H,3-5,9H2,1-2H3,(H,17,18). The number of unbranched alkanes of at least 4 members (excludes halogenated alkanes) is 1. The van der Waals surface area contributed by atoms with Gasteiger partial charge in [-0.25, -0.2) is 17.5 Å². The zero-order chi connectivity index (χ0) is 16.0. The van der Waals surface area contributed by atoms with Crippen molar-refractivity contribution in [2.75, 3.05) is 0 Å². The molecular formula is C14H20FNO4S. The van der Waals surface area contributed by atoms with Crippen molar-refractivity contribution in [2.24, 2.45) is 0 Å². The van der Waals surface area contributed by atoms with Crippen LogP contribution in [0.4, 0.5) is 4.39 Å². The van der Waals surface area contributed by atoms with Gasteiger partial charge in [0.25, 0.3) is 0 Å². The van der Waals surface area contributed by atoms with E-state index in [2.05, 4.69) is 4.72 Å². The number of aryl methyl sites for hydroxylation is 1. The molecule has 0 fully saturated rings. The normalized spacial score (nSPS) is 13.1. The molecule has 118 valence electrons. The van der Waals surface area contributed by atoms with E-state index in [0.717, 1.165) is 6.42 Å². The highest BCUT2D eigenvalue weighted by molar-refractivity contribution is 7.88. The molecule has 0 heterocycles. The minimum atomic E-state index is -3.92. The van der Waals surface area contributed by atoms with E-state index in [1.807, 2.05) is 6.92 Å². The molecule has 0 bridgehead atoms. The first-order valence-corrected chi connectivity index (χ1v) is 8.38. The van der Waals surface area contributed by atoms with Crippen molar-refractivity contribution >= 4 is 16.0 Å². The van der Waals surface area contributed by atoms with Gasteiger partial charge in [-0.2, -0.15) is 0 Å². The number of carboxylic acids is 1. The number of sulfonamides is 1. The summed E-state index contributed by atoms with van der Waals surface area (Å²) in [5, 5.41) is 9.02. The quantitative estimate of drug-likeness (QED) is 0.770. The number of hydrogen-bond donors (Lipinski definition) is 2. The maximum Gasteiger partial charge on any atom is 0.321 e. The Morgan fingerprint density at radius 2 is 2.10 bits per heavy atom. The smallest absolute Gasteiger partial charge is 0.321 e. The Morgan fingerprint density at radius 1 is 1.43 bits per heavy atom. The monoisotopic (exact) mass is 317 g/mol. The van der Waals surface area contributed by atoms with Gasteiger partial charge in [0, 0.05) is 5.56 Å². The van der Waals surface area contributed by atoms with E-state index in [9.17, 15) is 17.6 Å². The van der Waals surface area contributed by atoms with Crippen molar-refractivity contribution < 1.29 is 22.7 Å². The van der Waals surface area contributed by atoms with Crippen LogP contribution >= 0.6 is 0 Å². The van der Waals surface area contributed by atoms with Crippen LogP contribution in [0.2, 0.25) is 0 Å². The summed E-state index contributed by atoms with van der Waals surface area (Å²) in [6, 6.07) is 3.07. The van der Waals surface area contributed by atoms with Crippen molar-refractivity contribution in [3.63, 3.8) is 0 Å². The molecule has 7 heteroatoms. The van der Waals surface area contributed by atoms with Crippen LogP contribution in [0.15, 0.2) is 18.2 Å². The van der Waals surface area contributed by atoms with E-state index in [1.54, 1.807) is 13.0 Å². The molecule has 0 aliphatic heterocycles. The Bertz CT molecular complexity index is 601. The molecule has 1 unspecified atom stereocenters. The molecule has 21 heavy (non-hydrogen) atoms. The number of halogens is 1. The van der Waals surface area contributed by atoms with E-state index >= 15 is 0 Å². The lowest BCUT2D eigenvalue weighted by Gasteiger charge is -2.14. The second-order valence-electron chi connectivity index (χ2n) is 5.00. The van der Waals surface area contributed by atoms with Crippen LogP contribution in [0.25, 0.3) is 0 Å². The van der Waals surface area contributed by atoms with E-state index in [0.29, 0.717) is 12.0 Å². The van der Waals surface area contributed by atoms with Crippen LogP contribution in [0, 0.1) is 12.7 Å². The van der Waals surface area contributed by atoms with E-state index in [-0.39, 0.29) is 12.0 Å². The van der Waals surface area contributed by atoms with Crippen LogP contribution in [-0.4, -0.2) is 25.5 Å². The largest absolute Gasteiger partial charge is 0.480 e. The maximum atomic E-state index is 13.7. The summed E-state index contributed by atoms with van der Waals surface area (Å²) < 4.78 is 39.7. The zero-order valence-electron chi connectivity index (χ0n) is 12.1. The van der Waals surface area contributed by atoms with Crippen molar-refractivity contribution in [2.45, 2.75) is 44.9 Å². The van der Waals surface area contributed by atoms with Gasteiger partial charge < -0.3 is 5.11 Å². The number of rotatable bonds is 8. The molecule has 0 saturated carbocycles. The number of carbonyl (C=O) groups is 1. The third-order valence-corrected chi connectivity index (χ3v) is 4.36. The number of nitrogens with one attached hydrogen (secondary N) is 1. The highest BCUT2D eigenvalue weighted by atomic mass is 32.2. The maximum absolute atomic E-state index is 13.7. The SMILES string of the molecule is CCCCC(NS(=O)(=O)Cc1ccc(C)cc1F)C(=O)O. The molecule has 0 aliphatic rings. The van der Waals surface area contributed by atoms with Crippen molar-refractivity contribution in [1.29, 1.82) is 0 Å². The van der Waals surface area contributed by atoms with E-state index < -0.39 is 33.6 Å². The topological polar surface area (TPSA) is 83.5 Å². The second kappa shape index (κ2) is 7.51. The molecule has 5 nitrogen and oxygen atoms in total. The highest BCUT2D eigenvalue weighted by Crippen LogP contribution is 2.13. The fourth-order valence-corrected chi connectivity index (χ4v) is 3.25. The van der Waals surface area contributed by atoms with Crippen LogP contribution in [-0.2, 0) is 20.6 Å². The molecule has 1 aromatic rings. The second-order valence-corrected chi connectivity index (χ2v) is 6.76. The molecule has 2 N–H and O–H groups in total. The summed E-state index contributed by atoms with van der Waals surface area (Å²) in [5.41, 5.74) is 0.709. The first-order chi connectivity index (χ1) is 9.75. The van der Waals surface area contributed by atoms with Gasteiger partial charge in [0.2, 0.25) is 10.0 Å². The molecule has 0 amide bonds. The van der Waals surface area contributed by atoms with Crippen molar-refractivity contribution in [3.8, 4) is 0 Å². The number of aliphatic carboxylic acids is 1. The summed E-state index contributed by atoms with van der Waals surface area (Å²) in [6.45, 7) is 3.58. The highest BCUT2D eigenvalue weighted by Gasteiger charge is 2.24. The van der Waals surface area contributed by atoms with Gasteiger partial charge in [-0.15, -0.1) is 0 Å². The van der Waals surface area contributed by atoms with Crippen molar-refractivity contribution in [1.82, 2.24) is 4.72 Å². The Balaban J connectivity index is 2.82. The minimum absolute atomic E-state index is 0.0210. The lowest BCUT2D eigenvalue weighted by molar-refractivity contribution is -0.139. The van der Waals surface area contributed by atoms with E-state index in [4.69, 9.17) is 5.11 Å². The first-order valence-electron chi connectivity index (χ1n) is 6.73. The molecule has 0 spiro atoms. The zero-order valence-corrected chi connectivity index (χ0v) is 12.9. The fourth-order valence-electron chi connectivity index (χ4n) is 1.87. The molecule has 1 aromatic carbocycles. The first kappa shape index (κ1) is 17.6. The summed E-state index contributed by atoms with van der Waals surface area (Å²) in [5.74, 6) is -2.41. The summed E-state index contributed by atoms with van der Waals surface area (Å²) in [4.78, 5) is 11.0. The van der Waals surface area contributed by atoms with Gasteiger partial charge >= 0.3 is 5.97 Å². The lowest BCUT2D eigenvalue weighted by Crippen LogP contribution is -2.41. The minimum Gasteiger partial charge on any atom is -0.480 e. The van der Waals surface area contributed by atoms with Gasteiger partial charge in [0.15, 0.2) is 0 Å². The van der Waals surface area contributed by atoms with E-state index in [1.165, 1.54) is 12.1 Å². The third kappa shape index (κ3) is 5.81. The average Bonchev–Trinajstić information content (AvgIpc) is 2.37. The Kier molecular flexibility index (Phi) is 6.29. The van der Waals surface area contributed by atoms with Gasteiger partial charge in [0.05, 0.1) is 5.75 Å².